The minimum Gasteiger partial charge on any atom is -0.496 e. The number of ether oxygens (including phenoxy) is 1. The Labute approximate surface area is 209 Å². The number of hydrogen-bond donors (Lipinski definition) is 2. The predicted octanol–water partition coefficient (Wildman–Crippen LogP) is 6.09. The Balaban J connectivity index is 1.58. The van der Waals surface area contributed by atoms with Gasteiger partial charge in [0.1, 0.15) is 11.4 Å². The number of benzene rings is 3. The third kappa shape index (κ3) is 4.33. The van der Waals surface area contributed by atoms with Crippen molar-refractivity contribution in [1.29, 1.82) is 0 Å². The summed E-state index contributed by atoms with van der Waals surface area (Å²) in [4.78, 5) is 25.6. The van der Waals surface area contributed by atoms with Crippen LogP contribution in [0.4, 0.5) is 18.9 Å². The van der Waals surface area contributed by atoms with E-state index in [9.17, 15) is 27.9 Å². The van der Waals surface area contributed by atoms with Gasteiger partial charge in [-0.25, -0.2) is 4.79 Å². The molecule has 1 aliphatic rings. The minimum atomic E-state index is -4.57. The Kier molecular flexibility index (Phi) is 5.99. The average Bonchev–Trinajstić information content (AvgIpc) is 3.14. The molecule has 0 fully saturated rings. The molecule has 0 saturated heterocycles. The number of alkyl halides is 3. The van der Waals surface area contributed by atoms with Gasteiger partial charge < -0.3 is 19.7 Å². The fourth-order valence-corrected chi connectivity index (χ4v) is 4.69. The lowest BCUT2D eigenvalue weighted by atomic mass is 9.95. The van der Waals surface area contributed by atoms with Crippen LogP contribution in [-0.4, -0.2) is 28.5 Å². The second kappa shape index (κ2) is 9.16. The molecule has 2 heterocycles. The normalized spacial score (nSPS) is 12.6. The van der Waals surface area contributed by atoms with Crippen LogP contribution in [0.2, 0.25) is 0 Å². The summed E-state index contributed by atoms with van der Waals surface area (Å²) in [5.41, 5.74) is 1.86. The lowest BCUT2D eigenvalue weighted by Gasteiger charge is -2.16. The first-order chi connectivity index (χ1) is 17.7. The van der Waals surface area contributed by atoms with Gasteiger partial charge in [-0.3, -0.25) is 4.79 Å². The summed E-state index contributed by atoms with van der Waals surface area (Å²) in [6.45, 7) is 0.490. The molecule has 37 heavy (non-hydrogen) atoms. The van der Waals surface area contributed by atoms with Crippen molar-refractivity contribution in [2.75, 3.05) is 12.4 Å². The van der Waals surface area contributed by atoms with Gasteiger partial charge in [0.15, 0.2) is 5.78 Å². The van der Waals surface area contributed by atoms with Gasteiger partial charge >= 0.3 is 12.1 Å². The number of carbonyl (C=O) groups excluding carboxylic acids is 1. The number of para-hydroxylation sites is 1. The summed E-state index contributed by atoms with van der Waals surface area (Å²) >= 11 is 0. The third-order valence-corrected chi connectivity index (χ3v) is 6.45. The molecule has 4 aromatic rings. The Morgan fingerprint density at radius 2 is 1.70 bits per heavy atom. The number of fused-ring (bicyclic) bond motifs is 2. The van der Waals surface area contributed by atoms with E-state index in [0.29, 0.717) is 5.69 Å². The molecule has 2 N–H and O–H groups in total. The number of nitrogens with zero attached hydrogens (tertiary/aromatic N) is 1. The van der Waals surface area contributed by atoms with E-state index in [4.69, 9.17) is 4.74 Å². The van der Waals surface area contributed by atoms with Gasteiger partial charge in [0.25, 0.3) is 0 Å². The number of halogens is 3. The van der Waals surface area contributed by atoms with Crippen molar-refractivity contribution >= 4 is 17.4 Å². The van der Waals surface area contributed by atoms with Crippen molar-refractivity contribution in [2.24, 2.45) is 0 Å². The van der Waals surface area contributed by atoms with Gasteiger partial charge in [0.2, 0.25) is 0 Å². The highest BCUT2D eigenvalue weighted by Crippen LogP contribution is 2.41. The molecular formula is C28H21F3N2O4. The minimum absolute atomic E-state index is 0.0282. The lowest BCUT2D eigenvalue weighted by molar-refractivity contribution is -0.137. The first-order valence-electron chi connectivity index (χ1n) is 11.4. The molecule has 0 amide bonds. The number of aromatic carboxylic acids is 1. The van der Waals surface area contributed by atoms with E-state index in [0.717, 1.165) is 17.3 Å². The van der Waals surface area contributed by atoms with Crippen molar-refractivity contribution in [3.05, 3.63) is 106 Å². The van der Waals surface area contributed by atoms with Gasteiger partial charge in [0.05, 0.1) is 25.8 Å². The lowest BCUT2D eigenvalue weighted by Crippen LogP contribution is -2.12. The van der Waals surface area contributed by atoms with Gasteiger partial charge in [-0.2, -0.15) is 13.2 Å². The summed E-state index contributed by atoms with van der Waals surface area (Å²) < 4.78 is 47.8. The molecule has 1 aromatic heterocycles. The highest BCUT2D eigenvalue weighted by atomic mass is 19.4. The van der Waals surface area contributed by atoms with Crippen molar-refractivity contribution < 1.29 is 32.6 Å². The molecule has 6 nitrogen and oxygen atoms in total. The van der Waals surface area contributed by atoms with Gasteiger partial charge in [-0.15, -0.1) is 0 Å². The largest absolute Gasteiger partial charge is 0.496 e. The van der Waals surface area contributed by atoms with Crippen LogP contribution in [0.15, 0.2) is 72.8 Å². The van der Waals surface area contributed by atoms with Gasteiger partial charge in [0, 0.05) is 28.1 Å². The summed E-state index contributed by atoms with van der Waals surface area (Å²) in [6, 6.07) is 18.2. The number of hydrogen-bond acceptors (Lipinski definition) is 4. The quantitative estimate of drug-likeness (QED) is 0.321. The van der Waals surface area contributed by atoms with Crippen LogP contribution in [0.5, 0.6) is 5.75 Å². The third-order valence-electron chi connectivity index (χ3n) is 6.45. The zero-order chi connectivity index (χ0) is 26.3. The average molecular weight is 506 g/mol. The van der Waals surface area contributed by atoms with Crippen LogP contribution in [0.1, 0.15) is 43.2 Å². The van der Waals surface area contributed by atoms with Gasteiger partial charge in [-0.05, 0) is 41.5 Å². The maximum atomic E-state index is 13.6. The van der Waals surface area contributed by atoms with Crippen LogP contribution in [0.3, 0.4) is 0 Å². The molecule has 0 atom stereocenters. The van der Waals surface area contributed by atoms with Crippen LogP contribution in [-0.2, 0) is 19.3 Å². The first-order valence-corrected chi connectivity index (χ1v) is 11.4. The SMILES string of the molecule is COc1cc(C(=O)c2cc(C(=O)O)n3c2CNc2ccccc2C3)ccc1-c1ccccc1C(F)(F)F. The number of carboxylic acids is 1. The number of ketones is 1. The summed E-state index contributed by atoms with van der Waals surface area (Å²) in [5, 5.41) is 13.1. The first kappa shape index (κ1) is 24.2. The van der Waals surface area contributed by atoms with Crippen LogP contribution in [0, 0.1) is 0 Å². The fourth-order valence-electron chi connectivity index (χ4n) is 4.69. The molecule has 9 heteroatoms. The van der Waals surface area contributed by atoms with Crippen molar-refractivity contribution in [3.63, 3.8) is 0 Å². The van der Waals surface area contributed by atoms with E-state index >= 15 is 0 Å². The highest BCUT2D eigenvalue weighted by molar-refractivity contribution is 6.11. The van der Waals surface area contributed by atoms with E-state index in [-0.39, 0.29) is 46.8 Å². The Hall–Kier alpha value is -4.53. The molecule has 5 rings (SSSR count). The number of nitrogens with one attached hydrogen (secondary N) is 1. The molecule has 0 bridgehead atoms. The topological polar surface area (TPSA) is 80.6 Å². The van der Waals surface area contributed by atoms with Crippen LogP contribution >= 0.6 is 0 Å². The standard InChI is InChI=1S/C28H21F3N2O4/c1-37-25-12-16(10-11-19(25)18-7-3-4-8-21(18)28(29,30)31)26(34)20-13-23(27(35)36)33-15-17-6-2-5-9-22(17)32-14-24(20)33/h2-13,32H,14-15H2,1H3,(H,35,36). The number of carboxylic acid groups (broad SMARTS) is 1. The zero-order valence-electron chi connectivity index (χ0n) is 19.6. The summed E-state index contributed by atoms with van der Waals surface area (Å²) in [7, 11) is 1.32. The molecule has 0 unspecified atom stereocenters. The highest BCUT2D eigenvalue weighted by Gasteiger charge is 2.34. The smallest absolute Gasteiger partial charge is 0.417 e. The number of carbonyl (C=O) groups is 2. The van der Waals surface area contributed by atoms with Gasteiger partial charge in [-0.1, -0.05) is 42.5 Å². The fraction of sp³-hybridized carbons (Fsp3) is 0.143. The van der Waals surface area contributed by atoms with E-state index < -0.39 is 23.5 Å². The molecule has 0 spiro atoms. The molecule has 188 valence electrons. The number of rotatable bonds is 5. The molecule has 0 radical (unpaired) electrons. The monoisotopic (exact) mass is 506 g/mol. The predicted molar refractivity (Wildman–Crippen MR) is 131 cm³/mol. The van der Waals surface area contributed by atoms with E-state index in [1.165, 1.54) is 49.6 Å². The maximum Gasteiger partial charge on any atom is 0.417 e. The molecule has 1 aliphatic heterocycles. The zero-order valence-corrected chi connectivity index (χ0v) is 19.6. The van der Waals surface area contributed by atoms with E-state index in [1.807, 2.05) is 24.3 Å². The second-order valence-corrected chi connectivity index (χ2v) is 8.58. The van der Waals surface area contributed by atoms with E-state index in [1.54, 1.807) is 4.57 Å². The Morgan fingerprint density at radius 3 is 2.43 bits per heavy atom. The number of aromatic nitrogens is 1. The molecular weight excluding hydrogens is 485 g/mol. The summed E-state index contributed by atoms with van der Waals surface area (Å²) in [5.74, 6) is -1.54. The number of anilines is 1. The molecule has 3 aromatic carbocycles. The number of methoxy groups -OCH3 is 1. The van der Waals surface area contributed by atoms with Crippen molar-refractivity contribution in [3.8, 4) is 16.9 Å². The summed E-state index contributed by atoms with van der Waals surface area (Å²) in [6.07, 6.45) is -4.57. The van der Waals surface area contributed by atoms with Crippen molar-refractivity contribution in [1.82, 2.24) is 4.57 Å². The van der Waals surface area contributed by atoms with E-state index in [2.05, 4.69) is 5.32 Å². The molecule has 0 aliphatic carbocycles. The Bertz CT molecular complexity index is 1540. The molecule has 0 saturated carbocycles. The second-order valence-electron chi connectivity index (χ2n) is 8.58. The van der Waals surface area contributed by atoms with Crippen LogP contribution < -0.4 is 10.1 Å². The maximum absolute atomic E-state index is 13.6. The van der Waals surface area contributed by atoms with Crippen molar-refractivity contribution in [2.45, 2.75) is 19.3 Å². The Morgan fingerprint density at radius 1 is 0.973 bits per heavy atom. The van der Waals surface area contributed by atoms with Crippen LogP contribution in [0.25, 0.3) is 11.1 Å².